The van der Waals surface area contributed by atoms with Gasteiger partial charge >= 0.3 is 0 Å². The molecule has 1 N–H and O–H groups in total. The molecule has 0 aliphatic rings. The van der Waals surface area contributed by atoms with Gasteiger partial charge in [-0.05, 0) is 18.2 Å². The average molecular weight is 222 g/mol. The lowest BCUT2D eigenvalue weighted by atomic mass is 10.3. The Labute approximate surface area is 92.2 Å². The fourth-order valence-electron chi connectivity index (χ4n) is 0.861. The van der Waals surface area contributed by atoms with Crippen LogP contribution >= 0.6 is 11.6 Å². The Morgan fingerprint density at radius 1 is 1.60 bits per heavy atom. The third kappa shape index (κ3) is 3.41. The number of ketones is 1. The molecule has 0 saturated heterocycles. The molecular formula is C10H8ClN3O. The lowest BCUT2D eigenvalue weighted by Crippen LogP contribution is -2.09. The highest BCUT2D eigenvalue weighted by Gasteiger charge is 2.03. The Bertz CT molecular complexity index is 448. The van der Waals surface area contributed by atoms with Crippen LogP contribution in [0.1, 0.15) is 6.92 Å². The van der Waals surface area contributed by atoms with E-state index >= 15 is 0 Å². The number of nitrogens with zero attached hydrogens (tertiary/aromatic N) is 2. The number of rotatable bonds is 3. The van der Waals surface area contributed by atoms with Crippen LogP contribution in [-0.2, 0) is 4.79 Å². The van der Waals surface area contributed by atoms with Crippen molar-refractivity contribution in [3.63, 3.8) is 0 Å². The second kappa shape index (κ2) is 5.13. The van der Waals surface area contributed by atoms with Gasteiger partial charge in [-0.1, -0.05) is 17.7 Å². The molecule has 4 nitrogen and oxygen atoms in total. The average Bonchev–Trinajstić information content (AvgIpc) is 2.18. The Hall–Kier alpha value is -1.86. The fraction of sp³-hybridized carbons (Fsp3) is 0.100. The Balaban J connectivity index is 2.80. The van der Waals surface area contributed by atoms with Gasteiger partial charge in [-0.25, -0.2) is 0 Å². The molecular weight excluding hydrogens is 214 g/mol. The van der Waals surface area contributed by atoms with E-state index in [9.17, 15) is 4.79 Å². The number of Topliss-reactive ketones (excluding diaryl/α,β-unsaturated/α-hetero) is 1. The molecule has 1 rings (SSSR count). The first-order valence-corrected chi connectivity index (χ1v) is 4.51. The van der Waals surface area contributed by atoms with Crippen molar-refractivity contribution < 1.29 is 4.79 Å². The topological polar surface area (TPSA) is 65.2 Å². The van der Waals surface area contributed by atoms with E-state index in [4.69, 9.17) is 16.9 Å². The van der Waals surface area contributed by atoms with Crippen molar-refractivity contribution in [2.45, 2.75) is 6.92 Å². The van der Waals surface area contributed by atoms with E-state index < -0.39 is 0 Å². The van der Waals surface area contributed by atoms with Crippen molar-refractivity contribution in [1.82, 2.24) is 0 Å². The number of hydrogen-bond donors (Lipinski definition) is 1. The molecule has 0 fully saturated rings. The van der Waals surface area contributed by atoms with Gasteiger partial charge in [-0.3, -0.25) is 10.2 Å². The molecule has 0 amide bonds. The fourth-order valence-corrected chi connectivity index (χ4v) is 1.05. The van der Waals surface area contributed by atoms with E-state index in [0.717, 1.165) is 0 Å². The molecule has 76 valence electrons. The maximum atomic E-state index is 10.8. The summed E-state index contributed by atoms with van der Waals surface area (Å²) in [5.74, 6) is -0.382. The Morgan fingerprint density at radius 2 is 2.33 bits per heavy atom. The van der Waals surface area contributed by atoms with Gasteiger partial charge in [0.05, 0.1) is 5.69 Å². The summed E-state index contributed by atoms with van der Waals surface area (Å²) in [6.45, 7) is 1.28. The second-order valence-electron chi connectivity index (χ2n) is 2.75. The molecule has 5 heteroatoms. The largest absolute Gasteiger partial charge is 0.292 e. The van der Waals surface area contributed by atoms with Crippen LogP contribution in [0, 0.1) is 11.3 Å². The first kappa shape index (κ1) is 11.2. The summed E-state index contributed by atoms with van der Waals surface area (Å²) in [6, 6.07) is 8.51. The van der Waals surface area contributed by atoms with Crippen molar-refractivity contribution in [3.8, 4) is 6.07 Å². The maximum absolute atomic E-state index is 10.8. The minimum Gasteiger partial charge on any atom is -0.292 e. The van der Waals surface area contributed by atoms with Crippen molar-refractivity contribution >= 4 is 28.8 Å². The van der Waals surface area contributed by atoms with E-state index in [1.54, 1.807) is 30.3 Å². The molecule has 0 atom stereocenters. The van der Waals surface area contributed by atoms with E-state index in [1.165, 1.54) is 6.92 Å². The third-order valence-corrected chi connectivity index (χ3v) is 1.80. The van der Waals surface area contributed by atoms with E-state index in [2.05, 4.69) is 10.5 Å². The monoisotopic (exact) mass is 221 g/mol. The molecule has 0 aliphatic heterocycles. The summed E-state index contributed by atoms with van der Waals surface area (Å²) >= 11 is 5.74. The zero-order valence-corrected chi connectivity index (χ0v) is 8.75. The van der Waals surface area contributed by atoms with Crippen LogP contribution in [0.3, 0.4) is 0 Å². The van der Waals surface area contributed by atoms with Gasteiger partial charge in [-0.15, -0.1) is 0 Å². The highest BCUT2D eigenvalue weighted by molar-refractivity contribution is 6.45. The summed E-state index contributed by atoms with van der Waals surface area (Å²) in [6.07, 6.45) is 0. The highest BCUT2D eigenvalue weighted by atomic mass is 35.5. The van der Waals surface area contributed by atoms with Crippen LogP contribution < -0.4 is 5.43 Å². The summed E-state index contributed by atoms with van der Waals surface area (Å²) in [4.78, 5) is 10.8. The smallest absolute Gasteiger partial charge is 0.203 e. The second-order valence-corrected chi connectivity index (χ2v) is 3.19. The van der Waals surface area contributed by atoms with Gasteiger partial charge in [0, 0.05) is 11.9 Å². The number of halogens is 1. The SMILES string of the molecule is CC(=O)/C(C#N)=N\Nc1cccc(Cl)c1. The first-order chi connectivity index (χ1) is 7.13. The first-order valence-electron chi connectivity index (χ1n) is 4.14. The number of hydrazone groups is 1. The lowest BCUT2D eigenvalue weighted by Gasteiger charge is -2.00. The van der Waals surface area contributed by atoms with Crippen LogP contribution in [0.2, 0.25) is 5.02 Å². The number of hydrogen-bond acceptors (Lipinski definition) is 4. The quantitative estimate of drug-likeness (QED) is 0.629. The molecule has 0 aliphatic carbocycles. The van der Waals surface area contributed by atoms with Crippen LogP contribution in [0.5, 0.6) is 0 Å². The Morgan fingerprint density at radius 3 is 2.87 bits per heavy atom. The standard InChI is InChI=1S/C10H8ClN3O/c1-7(15)10(6-12)14-13-9-4-2-3-8(11)5-9/h2-5,13H,1H3/b14-10-. The molecule has 15 heavy (non-hydrogen) atoms. The van der Waals surface area contributed by atoms with Crippen LogP contribution in [0.25, 0.3) is 0 Å². The van der Waals surface area contributed by atoms with Crippen LogP contribution in [0.4, 0.5) is 5.69 Å². The van der Waals surface area contributed by atoms with E-state index in [0.29, 0.717) is 10.7 Å². The summed E-state index contributed by atoms with van der Waals surface area (Å²) < 4.78 is 0. The van der Waals surface area contributed by atoms with Crippen molar-refractivity contribution in [3.05, 3.63) is 29.3 Å². The van der Waals surface area contributed by atoms with Crippen molar-refractivity contribution in [1.29, 1.82) is 5.26 Å². The third-order valence-electron chi connectivity index (χ3n) is 1.56. The van der Waals surface area contributed by atoms with Crippen LogP contribution in [-0.4, -0.2) is 11.5 Å². The van der Waals surface area contributed by atoms with Crippen LogP contribution in [0.15, 0.2) is 29.4 Å². The van der Waals surface area contributed by atoms with E-state index in [-0.39, 0.29) is 11.5 Å². The number of benzene rings is 1. The minimum atomic E-state index is -0.382. The predicted octanol–water partition coefficient (Wildman–Crippen LogP) is 2.22. The van der Waals surface area contributed by atoms with Gasteiger partial charge < -0.3 is 0 Å². The summed E-state index contributed by atoms with van der Waals surface area (Å²) in [5, 5.41) is 12.8. The van der Waals surface area contributed by atoms with Crippen molar-refractivity contribution in [2.24, 2.45) is 5.10 Å². The Kier molecular flexibility index (Phi) is 3.83. The normalized spacial score (nSPS) is 10.6. The number of nitriles is 1. The van der Waals surface area contributed by atoms with Gasteiger partial charge in [0.1, 0.15) is 6.07 Å². The predicted molar refractivity (Wildman–Crippen MR) is 58.8 cm³/mol. The number of carbonyl (C=O) groups excluding carboxylic acids is 1. The molecule has 0 unspecified atom stereocenters. The number of nitrogens with one attached hydrogen (secondary N) is 1. The molecule has 0 radical (unpaired) electrons. The zero-order valence-electron chi connectivity index (χ0n) is 7.99. The van der Waals surface area contributed by atoms with Crippen molar-refractivity contribution in [2.75, 3.05) is 5.43 Å². The molecule has 0 spiro atoms. The number of carbonyl (C=O) groups is 1. The molecule has 0 bridgehead atoms. The molecule has 0 heterocycles. The summed E-state index contributed by atoms with van der Waals surface area (Å²) in [7, 11) is 0. The van der Waals surface area contributed by atoms with Gasteiger partial charge in [0.25, 0.3) is 0 Å². The highest BCUT2D eigenvalue weighted by Crippen LogP contribution is 2.14. The van der Waals surface area contributed by atoms with Gasteiger partial charge in [-0.2, -0.15) is 10.4 Å². The van der Waals surface area contributed by atoms with Gasteiger partial charge in [0.15, 0.2) is 5.78 Å². The number of anilines is 1. The summed E-state index contributed by atoms with van der Waals surface area (Å²) in [5.41, 5.74) is 3.03. The maximum Gasteiger partial charge on any atom is 0.203 e. The van der Waals surface area contributed by atoms with Gasteiger partial charge in [0.2, 0.25) is 5.71 Å². The zero-order chi connectivity index (χ0) is 11.3. The molecule has 1 aromatic rings. The molecule has 1 aromatic carbocycles. The molecule has 0 saturated carbocycles. The molecule has 0 aromatic heterocycles. The van der Waals surface area contributed by atoms with E-state index in [1.807, 2.05) is 0 Å². The minimum absolute atomic E-state index is 0.171. The lowest BCUT2D eigenvalue weighted by molar-refractivity contribution is -0.110.